The summed E-state index contributed by atoms with van der Waals surface area (Å²) in [4.78, 5) is 38.5. The highest BCUT2D eigenvalue weighted by Crippen LogP contribution is 2.32. The Bertz CT molecular complexity index is 1060. The molecule has 1 atom stereocenters. The summed E-state index contributed by atoms with van der Waals surface area (Å²) in [5.74, 6) is -0.677. The zero-order valence-electron chi connectivity index (χ0n) is 19.6. The second-order valence-corrected chi connectivity index (χ2v) is 8.47. The van der Waals surface area contributed by atoms with Crippen molar-refractivity contribution < 1.29 is 22.8 Å². The Kier molecular flexibility index (Phi) is 8.63. The van der Waals surface area contributed by atoms with E-state index in [1.54, 1.807) is 18.7 Å². The molecule has 1 N–H and O–H groups in total. The van der Waals surface area contributed by atoms with Gasteiger partial charge in [-0.25, -0.2) is 4.68 Å². The fourth-order valence-corrected chi connectivity index (χ4v) is 3.68. The first-order valence-corrected chi connectivity index (χ1v) is 11.0. The van der Waals surface area contributed by atoms with E-state index in [4.69, 9.17) is 0 Å². The zero-order chi connectivity index (χ0) is 24.9. The van der Waals surface area contributed by atoms with E-state index in [2.05, 4.69) is 10.4 Å². The molecular weight excluding hydrogens is 437 g/mol. The van der Waals surface area contributed by atoms with Crippen molar-refractivity contribution in [2.75, 3.05) is 13.1 Å². The van der Waals surface area contributed by atoms with Crippen LogP contribution >= 0.6 is 0 Å². The van der Waals surface area contributed by atoms with E-state index in [9.17, 15) is 27.6 Å². The minimum Gasteiger partial charge on any atom is -0.352 e. The number of nitrogens with zero attached hydrogens (tertiary/aromatic N) is 3. The maximum Gasteiger partial charge on any atom is 0.416 e. The van der Waals surface area contributed by atoms with E-state index in [1.165, 1.54) is 6.92 Å². The number of benzene rings is 1. The van der Waals surface area contributed by atoms with E-state index < -0.39 is 23.2 Å². The van der Waals surface area contributed by atoms with Crippen molar-refractivity contribution in [2.45, 2.75) is 72.1 Å². The second-order valence-electron chi connectivity index (χ2n) is 8.47. The van der Waals surface area contributed by atoms with Crippen LogP contribution in [0.15, 0.2) is 23.0 Å². The number of fused-ring (bicyclic) bond motifs is 1. The third-order valence-electron chi connectivity index (χ3n) is 5.46. The topological polar surface area (TPSA) is 84.3 Å². The van der Waals surface area contributed by atoms with Crippen LogP contribution in [0, 0.1) is 0 Å². The normalized spacial score (nSPS) is 12.8. The molecule has 2 rings (SSSR count). The van der Waals surface area contributed by atoms with Crippen LogP contribution in [-0.4, -0.2) is 45.6 Å². The molecule has 0 fully saturated rings. The Morgan fingerprint density at radius 3 is 2.39 bits per heavy atom. The standard InChI is InChI=1S/C23H31F3N4O3/c1-6-29(16(5)31)11-7-8-15(4)27-20(32)13-30-22(33)18-10-9-17(23(24,25)26)12-19(18)21(28-30)14(2)3/h9-10,12,14-15H,6-8,11,13H2,1-5H3,(H,27,32). The Hall–Kier alpha value is -2.91. The predicted molar refractivity (Wildman–Crippen MR) is 120 cm³/mol. The van der Waals surface area contributed by atoms with Crippen molar-refractivity contribution in [3.8, 4) is 0 Å². The molecule has 182 valence electrons. The number of hydrogen-bond donors (Lipinski definition) is 1. The highest BCUT2D eigenvalue weighted by atomic mass is 19.4. The quantitative estimate of drug-likeness (QED) is 0.608. The molecule has 0 saturated carbocycles. The maximum absolute atomic E-state index is 13.1. The van der Waals surface area contributed by atoms with Gasteiger partial charge in [-0.3, -0.25) is 14.4 Å². The average molecular weight is 469 g/mol. The Balaban J connectivity index is 2.17. The van der Waals surface area contributed by atoms with Crippen molar-refractivity contribution in [3.05, 3.63) is 39.8 Å². The monoisotopic (exact) mass is 468 g/mol. The van der Waals surface area contributed by atoms with Crippen LogP contribution in [0.3, 0.4) is 0 Å². The van der Waals surface area contributed by atoms with Gasteiger partial charge in [0.1, 0.15) is 6.54 Å². The number of carbonyl (C=O) groups excluding carboxylic acids is 2. The molecule has 1 aromatic carbocycles. The molecule has 33 heavy (non-hydrogen) atoms. The van der Waals surface area contributed by atoms with Crippen LogP contribution in [0.4, 0.5) is 13.2 Å². The Labute approximate surface area is 190 Å². The lowest BCUT2D eigenvalue weighted by atomic mass is 10.0. The Morgan fingerprint density at radius 1 is 1.18 bits per heavy atom. The summed E-state index contributed by atoms with van der Waals surface area (Å²) >= 11 is 0. The molecule has 0 aliphatic heterocycles. The number of nitrogens with one attached hydrogen (secondary N) is 1. The van der Waals surface area contributed by atoms with Gasteiger partial charge in [0.15, 0.2) is 0 Å². The summed E-state index contributed by atoms with van der Waals surface area (Å²) in [5.41, 5.74) is -1.15. The molecule has 1 aromatic heterocycles. The Morgan fingerprint density at radius 2 is 1.85 bits per heavy atom. The first-order valence-electron chi connectivity index (χ1n) is 11.0. The first-order chi connectivity index (χ1) is 15.3. The molecule has 0 saturated heterocycles. The number of halogens is 3. The largest absolute Gasteiger partial charge is 0.416 e. The summed E-state index contributed by atoms with van der Waals surface area (Å²) in [6.45, 7) is 9.64. The maximum atomic E-state index is 13.1. The van der Waals surface area contributed by atoms with Gasteiger partial charge in [0, 0.05) is 31.4 Å². The summed E-state index contributed by atoms with van der Waals surface area (Å²) in [7, 11) is 0. The minimum absolute atomic E-state index is 0.000691. The van der Waals surface area contributed by atoms with Gasteiger partial charge in [-0.05, 0) is 50.8 Å². The molecule has 1 heterocycles. The van der Waals surface area contributed by atoms with E-state index in [1.807, 2.05) is 13.8 Å². The van der Waals surface area contributed by atoms with E-state index >= 15 is 0 Å². The molecular formula is C23H31F3N4O3. The molecule has 0 spiro atoms. The highest BCUT2D eigenvalue weighted by Gasteiger charge is 2.31. The number of rotatable bonds is 9. The molecule has 0 aliphatic rings. The summed E-state index contributed by atoms with van der Waals surface area (Å²) in [6, 6.07) is 2.76. The molecule has 0 radical (unpaired) electrons. The van der Waals surface area contributed by atoms with Gasteiger partial charge >= 0.3 is 6.18 Å². The van der Waals surface area contributed by atoms with Gasteiger partial charge in [-0.15, -0.1) is 0 Å². The van der Waals surface area contributed by atoms with Gasteiger partial charge in [0.25, 0.3) is 5.56 Å². The minimum atomic E-state index is -4.54. The van der Waals surface area contributed by atoms with Crippen molar-refractivity contribution in [1.82, 2.24) is 20.0 Å². The SMILES string of the molecule is CCN(CCCC(C)NC(=O)Cn1nc(C(C)C)c2cc(C(F)(F)F)ccc2c1=O)C(C)=O. The lowest BCUT2D eigenvalue weighted by molar-refractivity contribution is -0.137. The smallest absolute Gasteiger partial charge is 0.352 e. The van der Waals surface area contributed by atoms with Gasteiger partial charge in [-0.1, -0.05) is 13.8 Å². The van der Waals surface area contributed by atoms with Gasteiger partial charge in [0.2, 0.25) is 11.8 Å². The van der Waals surface area contributed by atoms with Crippen LogP contribution < -0.4 is 10.9 Å². The van der Waals surface area contributed by atoms with Gasteiger partial charge in [-0.2, -0.15) is 18.3 Å². The van der Waals surface area contributed by atoms with Crippen LogP contribution in [0.5, 0.6) is 0 Å². The number of aromatic nitrogens is 2. The van der Waals surface area contributed by atoms with Crippen molar-refractivity contribution in [1.29, 1.82) is 0 Å². The highest BCUT2D eigenvalue weighted by molar-refractivity contribution is 5.85. The van der Waals surface area contributed by atoms with Crippen molar-refractivity contribution in [2.24, 2.45) is 0 Å². The van der Waals surface area contributed by atoms with E-state index in [0.29, 0.717) is 31.6 Å². The van der Waals surface area contributed by atoms with Crippen LogP contribution in [0.2, 0.25) is 0 Å². The summed E-state index contributed by atoms with van der Waals surface area (Å²) in [5, 5.41) is 7.26. The number of amides is 2. The number of hydrogen-bond acceptors (Lipinski definition) is 4. The number of carbonyl (C=O) groups is 2. The zero-order valence-corrected chi connectivity index (χ0v) is 19.6. The van der Waals surface area contributed by atoms with Crippen LogP contribution in [-0.2, 0) is 22.3 Å². The summed E-state index contributed by atoms with van der Waals surface area (Å²) < 4.78 is 40.4. The van der Waals surface area contributed by atoms with Gasteiger partial charge < -0.3 is 10.2 Å². The fourth-order valence-electron chi connectivity index (χ4n) is 3.68. The lowest BCUT2D eigenvalue weighted by Gasteiger charge is -2.20. The third-order valence-corrected chi connectivity index (χ3v) is 5.46. The van der Waals surface area contributed by atoms with E-state index in [0.717, 1.165) is 22.9 Å². The van der Waals surface area contributed by atoms with E-state index in [-0.39, 0.29) is 35.2 Å². The third kappa shape index (κ3) is 6.79. The van der Waals surface area contributed by atoms with Crippen molar-refractivity contribution >= 4 is 22.6 Å². The molecule has 7 nitrogen and oxygen atoms in total. The summed E-state index contributed by atoms with van der Waals surface area (Å²) in [6.07, 6.45) is -3.18. The fraction of sp³-hybridized carbons (Fsp3) is 0.565. The average Bonchev–Trinajstić information content (AvgIpc) is 2.71. The molecule has 2 amide bonds. The lowest BCUT2D eigenvalue weighted by Crippen LogP contribution is -2.39. The molecule has 10 heteroatoms. The number of alkyl halides is 3. The molecule has 0 bridgehead atoms. The molecule has 1 unspecified atom stereocenters. The first kappa shape index (κ1) is 26.3. The van der Waals surface area contributed by atoms with Gasteiger partial charge in [0.05, 0.1) is 16.6 Å². The van der Waals surface area contributed by atoms with Crippen LogP contribution in [0.1, 0.15) is 64.6 Å². The van der Waals surface area contributed by atoms with Crippen LogP contribution in [0.25, 0.3) is 10.8 Å². The molecule has 0 aliphatic carbocycles. The van der Waals surface area contributed by atoms with Crippen molar-refractivity contribution in [3.63, 3.8) is 0 Å². The molecule has 2 aromatic rings. The second kappa shape index (κ2) is 10.8. The predicted octanol–water partition coefficient (Wildman–Crippen LogP) is 3.69.